The Morgan fingerprint density at radius 3 is 2.48 bits per heavy atom. The number of sulfonamides is 1. The molecule has 8 nitrogen and oxygen atoms in total. The third kappa shape index (κ3) is 4.05. The van der Waals surface area contributed by atoms with Crippen LogP contribution < -0.4 is 16.2 Å². The minimum absolute atomic E-state index is 0.122. The molecule has 4 aromatic rings. The van der Waals surface area contributed by atoms with Gasteiger partial charge in [0.2, 0.25) is 16.0 Å². The van der Waals surface area contributed by atoms with Gasteiger partial charge in [-0.15, -0.1) is 0 Å². The summed E-state index contributed by atoms with van der Waals surface area (Å²) in [4.78, 5) is 8.61. The molecule has 1 aliphatic rings. The summed E-state index contributed by atoms with van der Waals surface area (Å²) < 4.78 is 34.4. The van der Waals surface area contributed by atoms with Crippen molar-refractivity contribution in [2.24, 2.45) is 5.92 Å². The van der Waals surface area contributed by atoms with Crippen molar-refractivity contribution in [1.29, 1.82) is 0 Å². The number of aromatic nitrogens is 2. The molecule has 0 spiro atoms. The summed E-state index contributed by atoms with van der Waals surface area (Å²) in [5.41, 5.74) is 12.4. The van der Waals surface area contributed by atoms with E-state index in [-0.39, 0.29) is 17.7 Å². The van der Waals surface area contributed by atoms with Crippen LogP contribution in [-0.4, -0.2) is 42.4 Å². The molecule has 170 valence electrons. The number of benzene rings is 3. The van der Waals surface area contributed by atoms with Crippen LogP contribution in [0, 0.1) is 5.92 Å². The summed E-state index contributed by atoms with van der Waals surface area (Å²) in [5, 5.41) is 2.31. The van der Waals surface area contributed by atoms with Gasteiger partial charge >= 0.3 is 0 Å². The van der Waals surface area contributed by atoms with Gasteiger partial charge < -0.3 is 16.2 Å². The van der Waals surface area contributed by atoms with Crippen LogP contribution in [0.3, 0.4) is 0 Å². The van der Waals surface area contributed by atoms with Crippen LogP contribution >= 0.6 is 0 Å². The van der Waals surface area contributed by atoms with Crippen LogP contribution in [0.15, 0.2) is 65.6 Å². The number of hydrogen-bond acceptors (Lipinski definition) is 7. The van der Waals surface area contributed by atoms with Gasteiger partial charge in [0.1, 0.15) is 11.6 Å². The molecule has 1 aromatic heterocycles. The molecule has 0 saturated carbocycles. The first-order chi connectivity index (χ1) is 15.9. The Hall–Kier alpha value is -3.43. The molecule has 2 heterocycles. The van der Waals surface area contributed by atoms with Gasteiger partial charge in [0, 0.05) is 18.5 Å². The fourth-order valence-electron chi connectivity index (χ4n) is 4.40. The molecule has 33 heavy (non-hydrogen) atoms. The van der Waals surface area contributed by atoms with Crippen LogP contribution in [0.1, 0.15) is 12.8 Å². The van der Waals surface area contributed by atoms with Crippen molar-refractivity contribution in [3.8, 4) is 5.75 Å². The third-order valence-corrected chi connectivity index (χ3v) is 8.10. The molecule has 0 amide bonds. The molecule has 1 saturated heterocycles. The molecular formula is C24H25N5O3S. The maximum Gasteiger partial charge on any atom is 0.243 e. The van der Waals surface area contributed by atoms with Gasteiger partial charge in [0.25, 0.3) is 0 Å². The minimum Gasteiger partial charge on any atom is -0.492 e. The van der Waals surface area contributed by atoms with E-state index in [4.69, 9.17) is 16.2 Å². The number of hydrogen-bond donors (Lipinski definition) is 2. The Balaban J connectivity index is 1.28. The van der Waals surface area contributed by atoms with Gasteiger partial charge in [-0.25, -0.2) is 13.4 Å². The zero-order valence-electron chi connectivity index (χ0n) is 18.0. The van der Waals surface area contributed by atoms with E-state index in [1.165, 1.54) is 0 Å². The maximum absolute atomic E-state index is 13.4. The van der Waals surface area contributed by atoms with Crippen LogP contribution in [0.5, 0.6) is 5.75 Å². The van der Waals surface area contributed by atoms with E-state index >= 15 is 0 Å². The SMILES string of the molecule is Nc1nc(N)c2c(OCC3CCN(S(=O)(=O)c4cccc5ccccc45)CC3)cccc2n1. The van der Waals surface area contributed by atoms with Gasteiger partial charge in [0.15, 0.2) is 0 Å². The molecule has 0 bridgehead atoms. The van der Waals surface area contributed by atoms with Gasteiger partial charge in [-0.2, -0.15) is 9.29 Å². The Labute approximate surface area is 192 Å². The van der Waals surface area contributed by atoms with Gasteiger partial charge in [0.05, 0.1) is 22.4 Å². The first-order valence-corrected chi connectivity index (χ1v) is 12.3. The minimum atomic E-state index is -3.57. The molecule has 4 N–H and O–H groups in total. The number of fused-ring (bicyclic) bond motifs is 2. The molecule has 0 radical (unpaired) electrons. The summed E-state index contributed by atoms with van der Waals surface area (Å²) in [6.07, 6.45) is 1.43. The zero-order valence-corrected chi connectivity index (χ0v) is 18.8. The smallest absolute Gasteiger partial charge is 0.243 e. The number of ether oxygens (including phenoxy) is 1. The molecule has 0 aliphatic carbocycles. The first kappa shape index (κ1) is 21.4. The number of nitrogens with two attached hydrogens (primary N) is 2. The van der Waals surface area contributed by atoms with E-state index in [0.29, 0.717) is 54.1 Å². The Morgan fingerprint density at radius 1 is 0.939 bits per heavy atom. The average Bonchev–Trinajstić information content (AvgIpc) is 2.82. The van der Waals surface area contributed by atoms with Crippen molar-refractivity contribution in [2.75, 3.05) is 31.2 Å². The monoisotopic (exact) mass is 463 g/mol. The molecule has 0 unspecified atom stereocenters. The predicted octanol–water partition coefficient (Wildman–Crippen LogP) is 3.43. The lowest BCUT2D eigenvalue weighted by molar-refractivity contribution is 0.187. The topological polar surface area (TPSA) is 124 Å². The number of anilines is 2. The van der Waals surface area contributed by atoms with E-state index in [1.54, 1.807) is 16.4 Å². The molecule has 9 heteroatoms. The van der Waals surface area contributed by atoms with Crippen molar-refractivity contribution in [3.63, 3.8) is 0 Å². The third-order valence-electron chi connectivity index (χ3n) is 6.15. The van der Waals surface area contributed by atoms with Gasteiger partial charge in [-0.1, -0.05) is 42.5 Å². The number of nitrogens with zero attached hydrogens (tertiary/aromatic N) is 3. The standard InChI is InChI=1S/C24H25N5O3S/c25-23-22-19(27-24(26)28-23)8-4-9-20(22)32-15-16-11-13-29(14-12-16)33(30,31)21-10-3-6-17-5-1-2-7-18(17)21/h1-10,16H,11-15H2,(H4,25,26,27,28). The molecule has 3 aromatic carbocycles. The normalized spacial score (nSPS) is 15.8. The van der Waals surface area contributed by atoms with Crippen molar-refractivity contribution >= 4 is 43.5 Å². The average molecular weight is 464 g/mol. The molecular weight excluding hydrogens is 438 g/mol. The summed E-state index contributed by atoms with van der Waals surface area (Å²) in [7, 11) is -3.57. The summed E-state index contributed by atoms with van der Waals surface area (Å²) in [6, 6.07) is 18.5. The zero-order chi connectivity index (χ0) is 23.0. The fraction of sp³-hybridized carbons (Fsp3) is 0.250. The number of rotatable bonds is 5. The molecule has 1 fully saturated rings. The van der Waals surface area contributed by atoms with Crippen LogP contribution in [-0.2, 0) is 10.0 Å². The number of piperidine rings is 1. The highest BCUT2D eigenvalue weighted by molar-refractivity contribution is 7.89. The molecule has 0 atom stereocenters. The van der Waals surface area contributed by atoms with Crippen LogP contribution in [0.2, 0.25) is 0 Å². The Bertz CT molecular complexity index is 1430. The highest BCUT2D eigenvalue weighted by Gasteiger charge is 2.30. The van der Waals surface area contributed by atoms with E-state index < -0.39 is 10.0 Å². The predicted molar refractivity (Wildman–Crippen MR) is 129 cm³/mol. The lowest BCUT2D eigenvalue weighted by Gasteiger charge is -2.31. The highest BCUT2D eigenvalue weighted by Crippen LogP contribution is 2.32. The first-order valence-electron chi connectivity index (χ1n) is 10.9. The van der Waals surface area contributed by atoms with E-state index in [9.17, 15) is 8.42 Å². The van der Waals surface area contributed by atoms with Crippen molar-refractivity contribution < 1.29 is 13.2 Å². The van der Waals surface area contributed by atoms with Crippen LogP contribution in [0.25, 0.3) is 21.7 Å². The summed E-state index contributed by atoms with van der Waals surface area (Å²) >= 11 is 0. The molecule has 5 rings (SSSR count). The largest absolute Gasteiger partial charge is 0.492 e. The Morgan fingerprint density at radius 2 is 1.67 bits per heavy atom. The van der Waals surface area contributed by atoms with Crippen LogP contribution in [0.4, 0.5) is 11.8 Å². The van der Waals surface area contributed by atoms with E-state index in [1.807, 2.05) is 48.5 Å². The van der Waals surface area contributed by atoms with E-state index in [0.717, 1.165) is 10.8 Å². The van der Waals surface area contributed by atoms with Crippen molar-refractivity contribution in [2.45, 2.75) is 17.7 Å². The maximum atomic E-state index is 13.4. The van der Waals surface area contributed by atoms with Crippen molar-refractivity contribution in [3.05, 3.63) is 60.7 Å². The van der Waals surface area contributed by atoms with Crippen molar-refractivity contribution in [1.82, 2.24) is 14.3 Å². The summed E-state index contributed by atoms with van der Waals surface area (Å²) in [5.74, 6) is 1.24. The van der Waals surface area contributed by atoms with E-state index in [2.05, 4.69) is 9.97 Å². The fourth-order valence-corrected chi connectivity index (χ4v) is 6.09. The summed E-state index contributed by atoms with van der Waals surface area (Å²) in [6.45, 7) is 1.37. The van der Waals surface area contributed by atoms with Gasteiger partial charge in [-0.05, 0) is 42.3 Å². The Kier molecular flexibility index (Phi) is 5.51. The second-order valence-electron chi connectivity index (χ2n) is 8.25. The molecule has 1 aliphatic heterocycles. The number of nitrogen functional groups attached to an aromatic ring is 2. The second-order valence-corrected chi connectivity index (χ2v) is 10.2. The quantitative estimate of drug-likeness (QED) is 0.464. The van der Waals surface area contributed by atoms with Gasteiger partial charge in [-0.3, -0.25) is 0 Å². The second kappa shape index (κ2) is 8.49. The lowest BCUT2D eigenvalue weighted by Crippen LogP contribution is -2.39. The lowest BCUT2D eigenvalue weighted by atomic mass is 9.99. The highest BCUT2D eigenvalue weighted by atomic mass is 32.2.